The van der Waals surface area contributed by atoms with Crippen molar-refractivity contribution in [2.24, 2.45) is 0 Å². The fourth-order valence-electron chi connectivity index (χ4n) is 0.532. The van der Waals surface area contributed by atoms with Crippen LogP contribution in [0.3, 0.4) is 0 Å². The molecule has 0 saturated heterocycles. The first kappa shape index (κ1) is 5.84. The molecule has 0 aliphatic carbocycles. The van der Waals surface area contributed by atoms with E-state index in [1.54, 1.807) is 6.26 Å². The highest BCUT2D eigenvalue weighted by molar-refractivity contribution is 7.27. The normalized spacial score (nSPS) is 9.88. The Hall–Kier alpha value is -0.290. The highest BCUT2D eigenvalue weighted by Crippen LogP contribution is 2.06. The second-order valence-corrected chi connectivity index (χ2v) is 2.49. The Bertz CT molecular complexity index is 171. The summed E-state index contributed by atoms with van der Waals surface area (Å²) in [5.74, 6) is 1.01. The van der Waals surface area contributed by atoms with Gasteiger partial charge in [0.15, 0.2) is 0 Å². The standard InChI is InChI=1S/C6H9OP/c1-4-5(2)7-3-6(4)8/h3H,8H2,1-2H3. The Morgan fingerprint density at radius 3 is 2.25 bits per heavy atom. The fraction of sp³-hybridized carbons (Fsp3) is 0.333. The van der Waals surface area contributed by atoms with Crippen molar-refractivity contribution in [2.75, 3.05) is 0 Å². The van der Waals surface area contributed by atoms with E-state index in [4.69, 9.17) is 4.42 Å². The molecule has 0 spiro atoms. The molecule has 0 bridgehead atoms. The average molecular weight is 128 g/mol. The molecule has 1 atom stereocenters. The number of hydrogen-bond acceptors (Lipinski definition) is 1. The number of rotatable bonds is 0. The largest absolute Gasteiger partial charge is 0.469 e. The van der Waals surface area contributed by atoms with Gasteiger partial charge in [0, 0.05) is 5.30 Å². The summed E-state index contributed by atoms with van der Waals surface area (Å²) in [6.45, 7) is 4.00. The van der Waals surface area contributed by atoms with Gasteiger partial charge in [0.05, 0.1) is 6.26 Å². The lowest BCUT2D eigenvalue weighted by molar-refractivity contribution is 0.533. The molecule has 0 saturated carbocycles. The monoisotopic (exact) mass is 128 g/mol. The SMILES string of the molecule is Cc1occ(P)c1C. The summed E-state index contributed by atoms with van der Waals surface area (Å²) in [6.07, 6.45) is 1.75. The van der Waals surface area contributed by atoms with Crippen molar-refractivity contribution in [1.82, 2.24) is 0 Å². The van der Waals surface area contributed by atoms with Crippen LogP contribution in [0.5, 0.6) is 0 Å². The molecule has 0 fully saturated rings. The van der Waals surface area contributed by atoms with Gasteiger partial charge in [-0.05, 0) is 19.4 Å². The maximum atomic E-state index is 5.07. The van der Waals surface area contributed by atoms with Crippen LogP contribution >= 0.6 is 9.24 Å². The van der Waals surface area contributed by atoms with Crippen molar-refractivity contribution in [2.45, 2.75) is 13.8 Å². The van der Waals surface area contributed by atoms with Gasteiger partial charge in [-0.25, -0.2) is 0 Å². The molecular weight excluding hydrogens is 119 g/mol. The third kappa shape index (κ3) is 0.784. The van der Waals surface area contributed by atoms with Gasteiger partial charge in [0.2, 0.25) is 0 Å². The van der Waals surface area contributed by atoms with Crippen LogP contribution in [-0.2, 0) is 0 Å². The zero-order valence-corrected chi connectivity index (χ0v) is 6.22. The second kappa shape index (κ2) is 1.91. The average Bonchev–Trinajstić information content (AvgIpc) is 1.98. The molecule has 0 radical (unpaired) electrons. The summed E-state index contributed by atoms with van der Waals surface area (Å²) in [7, 11) is 2.61. The second-order valence-electron chi connectivity index (χ2n) is 1.87. The Morgan fingerprint density at radius 2 is 2.12 bits per heavy atom. The third-order valence-corrected chi connectivity index (χ3v) is 1.89. The molecule has 8 heavy (non-hydrogen) atoms. The van der Waals surface area contributed by atoms with E-state index in [2.05, 4.69) is 9.24 Å². The quantitative estimate of drug-likeness (QED) is 0.481. The minimum atomic E-state index is 1.01. The van der Waals surface area contributed by atoms with Crippen molar-refractivity contribution in [1.29, 1.82) is 0 Å². The van der Waals surface area contributed by atoms with Crippen LogP contribution in [0.1, 0.15) is 11.3 Å². The smallest absolute Gasteiger partial charge is 0.104 e. The lowest BCUT2D eigenvalue weighted by Crippen LogP contribution is -1.87. The summed E-state index contributed by atoms with van der Waals surface area (Å²) in [5.41, 5.74) is 1.23. The molecule has 0 N–H and O–H groups in total. The van der Waals surface area contributed by atoms with Crippen LogP contribution < -0.4 is 5.30 Å². The molecule has 1 aromatic heterocycles. The van der Waals surface area contributed by atoms with Gasteiger partial charge in [-0.2, -0.15) is 0 Å². The molecule has 1 nitrogen and oxygen atoms in total. The zero-order chi connectivity index (χ0) is 6.15. The minimum Gasteiger partial charge on any atom is -0.469 e. The van der Waals surface area contributed by atoms with E-state index in [1.165, 1.54) is 5.56 Å². The maximum absolute atomic E-state index is 5.07. The van der Waals surface area contributed by atoms with Crippen LogP contribution in [0, 0.1) is 13.8 Å². The van der Waals surface area contributed by atoms with Crippen LogP contribution in [0.2, 0.25) is 0 Å². The van der Waals surface area contributed by atoms with E-state index in [0.29, 0.717) is 0 Å². The van der Waals surface area contributed by atoms with E-state index in [1.807, 2.05) is 13.8 Å². The van der Waals surface area contributed by atoms with Crippen molar-refractivity contribution < 1.29 is 4.42 Å². The summed E-state index contributed by atoms with van der Waals surface area (Å²) in [4.78, 5) is 0. The molecule has 1 heterocycles. The molecular formula is C6H9OP. The van der Waals surface area contributed by atoms with E-state index in [-0.39, 0.29) is 0 Å². The zero-order valence-electron chi connectivity index (χ0n) is 5.06. The van der Waals surface area contributed by atoms with Crippen LogP contribution in [0.25, 0.3) is 0 Å². The highest BCUT2D eigenvalue weighted by Gasteiger charge is 1.97. The maximum Gasteiger partial charge on any atom is 0.104 e. The Labute approximate surface area is 51.3 Å². The molecule has 0 aromatic carbocycles. The summed E-state index contributed by atoms with van der Waals surface area (Å²) < 4.78 is 5.07. The van der Waals surface area contributed by atoms with Gasteiger partial charge < -0.3 is 4.42 Å². The summed E-state index contributed by atoms with van der Waals surface area (Å²) in [6, 6.07) is 0. The molecule has 0 amide bonds. The summed E-state index contributed by atoms with van der Waals surface area (Å²) >= 11 is 0. The molecule has 2 heteroatoms. The van der Waals surface area contributed by atoms with E-state index >= 15 is 0 Å². The minimum absolute atomic E-state index is 1.01. The molecule has 1 aromatic rings. The van der Waals surface area contributed by atoms with Gasteiger partial charge in [-0.3, -0.25) is 0 Å². The van der Waals surface area contributed by atoms with E-state index in [0.717, 1.165) is 11.1 Å². The van der Waals surface area contributed by atoms with Gasteiger partial charge in [-0.1, -0.05) is 0 Å². The first-order chi connectivity index (χ1) is 3.72. The van der Waals surface area contributed by atoms with E-state index < -0.39 is 0 Å². The Balaban J connectivity index is 3.19. The predicted octanol–water partition coefficient (Wildman–Crippen LogP) is 1.40. The van der Waals surface area contributed by atoms with Gasteiger partial charge in [-0.15, -0.1) is 9.24 Å². The van der Waals surface area contributed by atoms with E-state index in [9.17, 15) is 0 Å². The summed E-state index contributed by atoms with van der Waals surface area (Å²) in [5, 5.41) is 1.16. The molecule has 1 unspecified atom stereocenters. The van der Waals surface area contributed by atoms with Crippen molar-refractivity contribution in [3.05, 3.63) is 17.6 Å². The molecule has 44 valence electrons. The molecule has 1 rings (SSSR count). The lowest BCUT2D eigenvalue weighted by atomic mass is 10.3. The lowest BCUT2D eigenvalue weighted by Gasteiger charge is -1.83. The van der Waals surface area contributed by atoms with Gasteiger partial charge in [0.1, 0.15) is 5.76 Å². The van der Waals surface area contributed by atoms with Crippen LogP contribution in [0.4, 0.5) is 0 Å². The Kier molecular flexibility index (Phi) is 1.39. The number of aryl methyl sites for hydroxylation is 1. The number of hydrogen-bond donors (Lipinski definition) is 0. The topological polar surface area (TPSA) is 13.1 Å². The third-order valence-electron chi connectivity index (χ3n) is 1.32. The van der Waals surface area contributed by atoms with Crippen molar-refractivity contribution in [3.8, 4) is 0 Å². The molecule has 0 aliphatic heterocycles. The highest BCUT2D eigenvalue weighted by atomic mass is 31.0. The predicted molar refractivity (Wildman–Crippen MR) is 37.5 cm³/mol. The van der Waals surface area contributed by atoms with Crippen LogP contribution in [-0.4, -0.2) is 0 Å². The van der Waals surface area contributed by atoms with Crippen molar-refractivity contribution >= 4 is 14.5 Å². The number of furan rings is 1. The first-order valence-corrected chi connectivity index (χ1v) is 3.09. The van der Waals surface area contributed by atoms with Crippen molar-refractivity contribution in [3.63, 3.8) is 0 Å². The van der Waals surface area contributed by atoms with Crippen LogP contribution in [0.15, 0.2) is 10.7 Å². The fourth-order valence-corrected chi connectivity index (χ4v) is 0.803. The first-order valence-electron chi connectivity index (χ1n) is 2.52. The van der Waals surface area contributed by atoms with Gasteiger partial charge in [0.25, 0.3) is 0 Å². The van der Waals surface area contributed by atoms with Gasteiger partial charge >= 0.3 is 0 Å². The Morgan fingerprint density at radius 1 is 1.50 bits per heavy atom. The molecule has 0 aliphatic rings.